The topological polar surface area (TPSA) is 12.0 Å². The van der Waals surface area contributed by atoms with Crippen LogP contribution in [0.15, 0.2) is 45.3 Å². The molecular formula is C14H9Br2F4N. The van der Waals surface area contributed by atoms with Crippen LogP contribution in [0.4, 0.5) is 23.2 Å². The molecule has 2 rings (SSSR count). The van der Waals surface area contributed by atoms with E-state index in [0.29, 0.717) is 11.8 Å². The molecule has 0 fully saturated rings. The van der Waals surface area contributed by atoms with Gasteiger partial charge in [-0.2, -0.15) is 13.2 Å². The number of halogens is 6. The standard InChI is InChI=1S/C14H9Br2F4N/c15-11-2-1-3-12(16)13(11)21-7-8-4-9(14(18,19)20)6-10(17)5-8/h1-6,21H,7H2. The Balaban J connectivity index is 2.23. The van der Waals surface area contributed by atoms with E-state index in [4.69, 9.17) is 0 Å². The smallest absolute Gasteiger partial charge is 0.379 e. The van der Waals surface area contributed by atoms with Crippen LogP contribution >= 0.6 is 31.9 Å². The fourth-order valence-electron chi connectivity index (χ4n) is 1.77. The summed E-state index contributed by atoms with van der Waals surface area (Å²) in [4.78, 5) is 0. The van der Waals surface area contributed by atoms with Crippen LogP contribution < -0.4 is 5.32 Å². The second kappa shape index (κ2) is 6.36. The Labute approximate surface area is 135 Å². The minimum atomic E-state index is -4.56. The van der Waals surface area contributed by atoms with Crippen LogP contribution in [0, 0.1) is 5.82 Å². The van der Waals surface area contributed by atoms with Gasteiger partial charge in [0.05, 0.1) is 11.3 Å². The maximum Gasteiger partial charge on any atom is 0.416 e. The summed E-state index contributed by atoms with van der Waals surface area (Å²) >= 11 is 6.67. The number of nitrogens with one attached hydrogen (secondary N) is 1. The Morgan fingerprint density at radius 1 is 1.00 bits per heavy atom. The van der Waals surface area contributed by atoms with Gasteiger partial charge in [-0.25, -0.2) is 4.39 Å². The predicted octanol–water partition coefficient (Wildman–Crippen LogP) is 5.98. The average molecular weight is 427 g/mol. The summed E-state index contributed by atoms with van der Waals surface area (Å²) in [5.74, 6) is -0.909. The third-order valence-electron chi connectivity index (χ3n) is 2.72. The van der Waals surface area contributed by atoms with Crippen molar-refractivity contribution in [2.75, 3.05) is 5.32 Å². The molecule has 1 nitrogen and oxygen atoms in total. The number of para-hydroxylation sites is 1. The van der Waals surface area contributed by atoms with Crippen molar-refractivity contribution in [2.24, 2.45) is 0 Å². The quantitative estimate of drug-likeness (QED) is 0.595. The van der Waals surface area contributed by atoms with Crippen molar-refractivity contribution in [3.05, 3.63) is 62.3 Å². The molecule has 0 saturated carbocycles. The first kappa shape index (κ1) is 16.3. The number of hydrogen-bond donors (Lipinski definition) is 1. The van der Waals surface area contributed by atoms with Crippen molar-refractivity contribution in [1.82, 2.24) is 0 Å². The predicted molar refractivity (Wildman–Crippen MR) is 80.6 cm³/mol. The van der Waals surface area contributed by atoms with Gasteiger partial charge in [-0.3, -0.25) is 0 Å². The lowest BCUT2D eigenvalue weighted by molar-refractivity contribution is -0.137. The van der Waals surface area contributed by atoms with Crippen LogP contribution in [0.3, 0.4) is 0 Å². The van der Waals surface area contributed by atoms with E-state index in [1.165, 1.54) is 0 Å². The molecule has 0 saturated heterocycles. The summed E-state index contributed by atoms with van der Waals surface area (Å²) in [6.07, 6.45) is -4.56. The highest BCUT2D eigenvalue weighted by atomic mass is 79.9. The average Bonchev–Trinajstić information content (AvgIpc) is 2.36. The van der Waals surface area contributed by atoms with Crippen LogP contribution in [0.1, 0.15) is 11.1 Å². The van der Waals surface area contributed by atoms with Crippen molar-refractivity contribution < 1.29 is 17.6 Å². The third-order valence-corrected chi connectivity index (χ3v) is 4.04. The van der Waals surface area contributed by atoms with Gasteiger partial charge in [0, 0.05) is 15.5 Å². The lowest BCUT2D eigenvalue weighted by Gasteiger charge is -2.13. The van der Waals surface area contributed by atoms with E-state index in [0.717, 1.165) is 21.1 Å². The van der Waals surface area contributed by atoms with E-state index in [1.807, 2.05) is 6.07 Å². The molecule has 0 atom stereocenters. The molecule has 0 bridgehead atoms. The molecule has 0 aliphatic heterocycles. The molecular weight excluding hydrogens is 418 g/mol. The molecule has 0 spiro atoms. The number of alkyl halides is 3. The van der Waals surface area contributed by atoms with E-state index >= 15 is 0 Å². The summed E-state index contributed by atoms with van der Waals surface area (Å²) < 4.78 is 52.7. The molecule has 21 heavy (non-hydrogen) atoms. The molecule has 0 aliphatic carbocycles. The lowest BCUT2D eigenvalue weighted by Crippen LogP contribution is -2.08. The van der Waals surface area contributed by atoms with E-state index in [2.05, 4.69) is 37.2 Å². The van der Waals surface area contributed by atoms with Crippen LogP contribution in [-0.4, -0.2) is 0 Å². The zero-order chi connectivity index (χ0) is 15.6. The van der Waals surface area contributed by atoms with Crippen LogP contribution in [0.5, 0.6) is 0 Å². The Morgan fingerprint density at radius 2 is 1.62 bits per heavy atom. The van der Waals surface area contributed by atoms with E-state index in [9.17, 15) is 17.6 Å². The molecule has 0 heterocycles. The van der Waals surface area contributed by atoms with Gasteiger partial charge in [0.15, 0.2) is 0 Å². The van der Waals surface area contributed by atoms with Gasteiger partial charge in [0.2, 0.25) is 0 Å². The fraction of sp³-hybridized carbons (Fsp3) is 0.143. The van der Waals surface area contributed by atoms with Crippen molar-refractivity contribution in [3.8, 4) is 0 Å². The Kier molecular flexibility index (Phi) is 4.93. The minimum absolute atomic E-state index is 0.0715. The highest BCUT2D eigenvalue weighted by Gasteiger charge is 2.31. The summed E-state index contributed by atoms with van der Waals surface area (Å²) in [5, 5.41) is 2.98. The largest absolute Gasteiger partial charge is 0.416 e. The summed E-state index contributed by atoms with van der Waals surface area (Å²) in [7, 11) is 0. The first-order valence-electron chi connectivity index (χ1n) is 5.82. The minimum Gasteiger partial charge on any atom is -0.379 e. The van der Waals surface area contributed by atoms with Gasteiger partial charge in [-0.05, 0) is 67.8 Å². The van der Waals surface area contributed by atoms with Crippen LogP contribution in [0.2, 0.25) is 0 Å². The second-order valence-electron chi connectivity index (χ2n) is 4.30. The van der Waals surface area contributed by atoms with Gasteiger partial charge in [-0.15, -0.1) is 0 Å². The number of anilines is 1. The maximum atomic E-state index is 13.3. The Morgan fingerprint density at radius 3 is 2.19 bits per heavy atom. The van der Waals surface area contributed by atoms with E-state index < -0.39 is 17.6 Å². The molecule has 2 aromatic carbocycles. The van der Waals surface area contributed by atoms with Crippen molar-refractivity contribution in [1.29, 1.82) is 0 Å². The Hall–Kier alpha value is -1.08. The monoisotopic (exact) mass is 425 g/mol. The van der Waals surface area contributed by atoms with Crippen molar-refractivity contribution in [3.63, 3.8) is 0 Å². The molecule has 0 amide bonds. The highest BCUT2D eigenvalue weighted by molar-refractivity contribution is 9.11. The van der Waals surface area contributed by atoms with Gasteiger partial charge in [-0.1, -0.05) is 6.07 Å². The van der Waals surface area contributed by atoms with Crippen LogP contribution in [0.25, 0.3) is 0 Å². The molecule has 7 heteroatoms. The molecule has 0 aromatic heterocycles. The highest BCUT2D eigenvalue weighted by Crippen LogP contribution is 2.32. The molecule has 0 aliphatic rings. The van der Waals surface area contributed by atoms with Crippen LogP contribution in [-0.2, 0) is 12.7 Å². The molecule has 2 aromatic rings. The summed E-state index contributed by atoms with van der Waals surface area (Å²) in [5.41, 5.74) is -0.0919. The molecule has 0 unspecified atom stereocenters. The first-order chi connectivity index (χ1) is 9.77. The maximum absolute atomic E-state index is 13.3. The second-order valence-corrected chi connectivity index (χ2v) is 6.00. The zero-order valence-electron chi connectivity index (χ0n) is 10.4. The normalized spacial score (nSPS) is 11.5. The SMILES string of the molecule is Fc1cc(CNc2c(Br)cccc2Br)cc(C(F)(F)F)c1. The zero-order valence-corrected chi connectivity index (χ0v) is 13.6. The van der Waals surface area contributed by atoms with Gasteiger partial charge >= 0.3 is 6.18 Å². The number of rotatable bonds is 3. The molecule has 112 valence electrons. The first-order valence-corrected chi connectivity index (χ1v) is 7.40. The van der Waals surface area contributed by atoms with E-state index in [1.54, 1.807) is 12.1 Å². The Bertz CT molecular complexity index is 636. The van der Waals surface area contributed by atoms with Crippen molar-refractivity contribution >= 4 is 37.5 Å². The lowest BCUT2D eigenvalue weighted by atomic mass is 10.1. The van der Waals surface area contributed by atoms with Gasteiger partial charge < -0.3 is 5.32 Å². The fourth-order valence-corrected chi connectivity index (χ4v) is 3.05. The number of benzene rings is 2. The van der Waals surface area contributed by atoms with E-state index in [-0.39, 0.29) is 12.1 Å². The summed E-state index contributed by atoms with van der Waals surface area (Å²) in [6.45, 7) is 0.0715. The number of hydrogen-bond acceptors (Lipinski definition) is 1. The van der Waals surface area contributed by atoms with Gasteiger partial charge in [0.1, 0.15) is 5.82 Å². The molecule has 0 radical (unpaired) electrons. The third kappa shape index (κ3) is 4.20. The van der Waals surface area contributed by atoms with Gasteiger partial charge in [0.25, 0.3) is 0 Å². The summed E-state index contributed by atoms with van der Waals surface area (Å²) in [6, 6.07) is 7.88. The van der Waals surface area contributed by atoms with Crippen molar-refractivity contribution in [2.45, 2.75) is 12.7 Å². The molecule has 1 N–H and O–H groups in total.